The minimum Gasteiger partial charge on any atom is -0.381 e. The van der Waals surface area contributed by atoms with Crippen molar-refractivity contribution in [2.75, 3.05) is 32.9 Å². The van der Waals surface area contributed by atoms with Gasteiger partial charge in [0.15, 0.2) is 0 Å². The monoisotopic (exact) mass is 293 g/mol. The van der Waals surface area contributed by atoms with Gasteiger partial charge in [-0.25, -0.2) is 0 Å². The molecule has 118 valence electrons. The molecule has 2 saturated heterocycles. The number of likely N-dealkylation sites (tertiary alicyclic amines) is 1. The first-order chi connectivity index (χ1) is 10.2. The van der Waals surface area contributed by atoms with Crippen molar-refractivity contribution in [3.05, 3.63) is 18.0 Å². The van der Waals surface area contributed by atoms with E-state index >= 15 is 0 Å². The Morgan fingerprint density at radius 1 is 1.52 bits per heavy atom. The van der Waals surface area contributed by atoms with Crippen LogP contribution in [0.4, 0.5) is 0 Å². The number of aryl methyl sites for hydroxylation is 1. The summed E-state index contributed by atoms with van der Waals surface area (Å²) in [4.78, 5) is 2.54. The first-order valence-electron chi connectivity index (χ1n) is 8.11. The van der Waals surface area contributed by atoms with Crippen LogP contribution >= 0.6 is 0 Å². The van der Waals surface area contributed by atoms with Gasteiger partial charge in [0.1, 0.15) is 0 Å². The number of hydrogen-bond donors (Lipinski definition) is 0. The Labute approximate surface area is 127 Å². The second-order valence-electron chi connectivity index (χ2n) is 6.48. The Morgan fingerprint density at radius 2 is 2.43 bits per heavy atom. The second kappa shape index (κ2) is 6.46. The largest absolute Gasteiger partial charge is 0.381 e. The van der Waals surface area contributed by atoms with Crippen LogP contribution in [0.2, 0.25) is 0 Å². The molecule has 3 rings (SSSR count). The van der Waals surface area contributed by atoms with Gasteiger partial charge in [-0.15, -0.1) is 0 Å². The number of rotatable bonds is 5. The molecule has 2 aliphatic heterocycles. The topological polar surface area (TPSA) is 39.5 Å². The summed E-state index contributed by atoms with van der Waals surface area (Å²) in [5.41, 5.74) is 1.48. The molecule has 5 heteroatoms. The minimum atomic E-state index is 0.189. The number of fused-ring (bicyclic) bond motifs is 1. The van der Waals surface area contributed by atoms with Crippen LogP contribution in [-0.4, -0.2) is 53.7 Å². The maximum Gasteiger partial charge on any atom is 0.0677 e. The van der Waals surface area contributed by atoms with Crippen molar-refractivity contribution in [3.63, 3.8) is 0 Å². The maximum absolute atomic E-state index is 6.06. The zero-order valence-corrected chi connectivity index (χ0v) is 13.3. The minimum absolute atomic E-state index is 0.189. The Kier molecular flexibility index (Phi) is 4.62. The van der Waals surface area contributed by atoms with Crippen molar-refractivity contribution >= 4 is 0 Å². The van der Waals surface area contributed by atoms with Gasteiger partial charge in [-0.2, -0.15) is 5.10 Å². The highest BCUT2D eigenvalue weighted by Gasteiger charge is 2.46. The lowest BCUT2D eigenvalue weighted by Gasteiger charge is -2.50. The molecular formula is C16H27N3O2. The van der Waals surface area contributed by atoms with Crippen molar-refractivity contribution in [3.8, 4) is 0 Å². The summed E-state index contributed by atoms with van der Waals surface area (Å²) in [5.74, 6) is 0. The van der Waals surface area contributed by atoms with E-state index in [1.54, 1.807) is 0 Å². The van der Waals surface area contributed by atoms with Crippen molar-refractivity contribution in [2.45, 2.75) is 38.8 Å². The lowest BCUT2D eigenvalue weighted by Crippen LogP contribution is -2.56. The first kappa shape index (κ1) is 15.0. The summed E-state index contributed by atoms with van der Waals surface area (Å²) in [5, 5.41) is 4.27. The van der Waals surface area contributed by atoms with E-state index in [9.17, 15) is 0 Å². The average Bonchev–Trinajstić information content (AvgIpc) is 2.90. The number of hydrogen-bond acceptors (Lipinski definition) is 4. The van der Waals surface area contributed by atoms with Crippen molar-refractivity contribution < 1.29 is 9.47 Å². The zero-order valence-electron chi connectivity index (χ0n) is 13.3. The molecule has 2 aliphatic rings. The Hall–Kier alpha value is -0.910. The van der Waals surface area contributed by atoms with E-state index < -0.39 is 0 Å². The number of nitrogens with zero attached hydrogens (tertiary/aromatic N) is 3. The third-order valence-electron chi connectivity index (χ3n) is 4.83. The van der Waals surface area contributed by atoms with E-state index in [0.29, 0.717) is 6.10 Å². The summed E-state index contributed by atoms with van der Waals surface area (Å²) >= 11 is 0. The van der Waals surface area contributed by atoms with Gasteiger partial charge in [-0.05, 0) is 26.2 Å². The second-order valence-corrected chi connectivity index (χ2v) is 6.48. The fourth-order valence-electron chi connectivity index (χ4n) is 3.84. The summed E-state index contributed by atoms with van der Waals surface area (Å²) in [6.07, 6.45) is 7.96. The lowest BCUT2D eigenvalue weighted by atomic mass is 9.73. The SMILES string of the molecule is CCOCC12CCCOC1CCN(Cc1cnn(C)c1)C2. The number of piperidine rings is 1. The van der Waals surface area contributed by atoms with Crippen LogP contribution in [0.5, 0.6) is 0 Å². The van der Waals surface area contributed by atoms with Crippen molar-refractivity contribution in [1.29, 1.82) is 0 Å². The summed E-state index contributed by atoms with van der Waals surface area (Å²) in [6, 6.07) is 0. The van der Waals surface area contributed by atoms with Crippen molar-refractivity contribution in [1.82, 2.24) is 14.7 Å². The third-order valence-corrected chi connectivity index (χ3v) is 4.83. The summed E-state index contributed by atoms with van der Waals surface area (Å²) < 4.78 is 13.8. The van der Waals surface area contributed by atoms with Gasteiger partial charge >= 0.3 is 0 Å². The molecule has 0 aliphatic carbocycles. The van der Waals surface area contributed by atoms with Gasteiger partial charge in [0, 0.05) is 57.1 Å². The number of ether oxygens (including phenoxy) is 2. The first-order valence-corrected chi connectivity index (χ1v) is 8.11. The molecule has 0 aromatic carbocycles. The number of aromatic nitrogens is 2. The van der Waals surface area contributed by atoms with E-state index in [1.807, 2.05) is 17.9 Å². The van der Waals surface area contributed by atoms with Gasteiger partial charge in [0.05, 0.1) is 18.9 Å². The Bertz CT molecular complexity index is 462. The Balaban J connectivity index is 1.68. The highest BCUT2D eigenvalue weighted by Crippen LogP contribution is 2.40. The quantitative estimate of drug-likeness (QED) is 0.830. The normalized spacial score (nSPS) is 30.3. The molecule has 2 atom stereocenters. The van der Waals surface area contributed by atoms with Crippen LogP contribution in [-0.2, 0) is 23.1 Å². The molecule has 0 spiro atoms. The Morgan fingerprint density at radius 3 is 3.19 bits per heavy atom. The molecule has 2 fully saturated rings. The molecule has 0 bridgehead atoms. The fourth-order valence-corrected chi connectivity index (χ4v) is 3.84. The average molecular weight is 293 g/mol. The van der Waals surface area contributed by atoms with Crippen LogP contribution in [0.1, 0.15) is 31.7 Å². The van der Waals surface area contributed by atoms with Crippen LogP contribution in [0.15, 0.2) is 12.4 Å². The molecule has 0 amide bonds. The van der Waals surface area contributed by atoms with E-state index in [1.165, 1.54) is 12.0 Å². The molecule has 5 nitrogen and oxygen atoms in total. The van der Waals surface area contributed by atoms with Crippen LogP contribution < -0.4 is 0 Å². The summed E-state index contributed by atoms with van der Waals surface area (Å²) in [7, 11) is 1.97. The molecule has 1 aromatic heterocycles. The fraction of sp³-hybridized carbons (Fsp3) is 0.812. The van der Waals surface area contributed by atoms with E-state index in [-0.39, 0.29) is 5.41 Å². The predicted molar refractivity (Wildman–Crippen MR) is 81.0 cm³/mol. The molecule has 0 N–H and O–H groups in total. The highest BCUT2D eigenvalue weighted by molar-refractivity contribution is 5.05. The lowest BCUT2D eigenvalue weighted by molar-refractivity contribution is -0.153. The standard InChI is InChI=1S/C16H27N3O2/c1-3-20-13-16-6-4-8-21-15(16)5-7-19(12-16)11-14-9-17-18(2)10-14/h9-10,15H,3-8,11-13H2,1-2H3. The van der Waals surface area contributed by atoms with E-state index in [2.05, 4.69) is 23.1 Å². The molecule has 21 heavy (non-hydrogen) atoms. The van der Waals surface area contributed by atoms with E-state index in [4.69, 9.17) is 9.47 Å². The predicted octanol–water partition coefficient (Wildman–Crippen LogP) is 1.83. The van der Waals surface area contributed by atoms with Gasteiger partial charge in [0.2, 0.25) is 0 Å². The molecule has 0 saturated carbocycles. The molecule has 3 heterocycles. The molecular weight excluding hydrogens is 266 g/mol. The van der Waals surface area contributed by atoms with Gasteiger partial charge in [0.25, 0.3) is 0 Å². The van der Waals surface area contributed by atoms with E-state index in [0.717, 1.165) is 52.3 Å². The smallest absolute Gasteiger partial charge is 0.0677 e. The van der Waals surface area contributed by atoms with Crippen LogP contribution in [0, 0.1) is 5.41 Å². The van der Waals surface area contributed by atoms with Gasteiger partial charge in [-0.1, -0.05) is 0 Å². The van der Waals surface area contributed by atoms with Crippen LogP contribution in [0.3, 0.4) is 0 Å². The third kappa shape index (κ3) is 3.30. The van der Waals surface area contributed by atoms with Crippen LogP contribution in [0.25, 0.3) is 0 Å². The molecule has 2 unspecified atom stereocenters. The van der Waals surface area contributed by atoms with Crippen molar-refractivity contribution in [2.24, 2.45) is 12.5 Å². The zero-order chi connectivity index (χ0) is 14.7. The molecule has 1 aromatic rings. The maximum atomic E-state index is 6.06. The summed E-state index contributed by atoms with van der Waals surface area (Å²) in [6.45, 7) is 7.77. The van der Waals surface area contributed by atoms with Gasteiger partial charge in [-0.3, -0.25) is 9.58 Å². The highest BCUT2D eigenvalue weighted by atomic mass is 16.5. The van der Waals surface area contributed by atoms with Gasteiger partial charge < -0.3 is 9.47 Å². The molecule has 0 radical (unpaired) electrons.